The molecule has 0 amide bonds. The molecule has 136 valence electrons. The number of hydrogen-bond donors (Lipinski definition) is 0. The summed E-state index contributed by atoms with van der Waals surface area (Å²) < 4.78 is 0. The molecular formula is C24H40. The van der Waals surface area contributed by atoms with E-state index >= 15 is 0 Å². The third kappa shape index (κ3) is 6.99. The third-order valence-electron chi connectivity index (χ3n) is 6.08. The summed E-state index contributed by atoms with van der Waals surface area (Å²) in [5, 5.41) is 0. The molecule has 1 fully saturated rings. The number of benzene rings is 1. The average molecular weight is 329 g/mol. The fourth-order valence-corrected chi connectivity index (χ4v) is 4.34. The van der Waals surface area contributed by atoms with Crippen LogP contribution in [0.15, 0.2) is 24.3 Å². The Labute approximate surface area is 151 Å². The second kappa shape index (κ2) is 11.7. The van der Waals surface area contributed by atoms with Gasteiger partial charge in [0, 0.05) is 0 Å². The standard InChI is InChI=1S/C24H40/c1-3-5-7-8-9-10-12-22-15-19-24(20-16-22)23-17-13-21(14-18-23)11-6-4-2/h13-14,17-18,22,24H,3-12,15-16,19-20H2,1-2H3. The molecule has 0 aliphatic heterocycles. The van der Waals surface area contributed by atoms with Gasteiger partial charge in [-0.05, 0) is 61.5 Å². The molecule has 0 nitrogen and oxygen atoms in total. The van der Waals surface area contributed by atoms with Gasteiger partial charge in [0.1, 0.15) is 0 Å². The zero-order chi connectivity index (χ0) is 17.0. The van der Waals surface area contributed by atoms with Crippen LogP contribution in [0.2, 0.25) is 0 Å². The molecule has 0 aromatic heterocycles. The second-order valence-corrected chi connectivity index (χ2v) is 8.12. The van der Waals surface area contributed by atoms with Gasteiger partial charge in [0.05, 0.1) is 0 Å². The predicted molar refractivity (Wildman–Crippen MR) is 108 cm³/mol. The van der Waals surface area contributed by atoms with Gasteiger partial charge in [0.15, 0.2) is 0 Å². The van der Waals surface area contributed by atoms with Crippen molar-refractivity contribution in [1.29, 1.82) is 0 Å². The van der Waals surface area contributed by atoms with Gasteiger partial charge in [-0.3, -0.25) is 0 Å². The first-order valence-electron chi connectivity index (χ1n) is 10.9. The highest BCUT2D eigenvalue weighted by molar-refractivity contribution is 5.25. The number of unbranched alkanes of at least 4 members (excludes halogenated alkanes) is 6. The average Bonchev–Trinajstić information content (AvgIpc) is 2.64. The summed E-state index contributed by atoms with van der Waals surface area (Å²) in [6.07, 6.45) is 19.8. The smallest absolute Gasteiger partial charge is 0.0162 e. The summed E-state index contributed by atoms with van der Waals surface area (Å²) in [6, 6.07) is 9.61. The normalized spacial score (nSPS) is 21.1. The largest absolute Gasteiger partial charge is 0.0654 e. The fourth-order valence-electron chi connectivity index (χ4n) is 4.34. The van der Waals surface area contributed by atoms with Crippen LogP contribution in [0, 0.1) is 5.92 Å². The van der Waals surface area contributed by atoms with Gasteiger partial charge in [-0.25, -0.2) is 0 Å². The molecule has 0 heteroatoms. The van der Waals surface area contributed by atoms with Gasteiger partial charge < -0.3 is 0 Å². The maximum Gasteiger partial charge on any atom is -0.0162 e. The maximum atomic E-state index is 2.42. The molecule has 1 aromatic carbocycles. The minimum atomic E-state index is 0.839. The SMILES string of the molecule is CCCCCCCCC1CCC(c2ccc(CCCC)cc2)CC1. The molecule has 0 bridgehead atoms. The van der Waals surface area contributed by atoms with Crippen LogP contribution in [0.5, 0.6) is 0 Å². The Hall–Kier alpha value is -0.780. The molecule has 1 aromatic rings. The highest BCUT2D eigenvalue weighted by Gasteiger charge is 2.21. The Balaban J connectivity index is 1.63. The van der Waals surface area contributed by atoms with Gasteiger partial charge in [-0.1, -0.05) is 89.5 Å². The summed E-state index contributed by atoms with van der Waals surface area (Å²) in [5.74, 6) is 1.86. The van der Waals surface area contributed by atoms with Crippen molar-refractivity contribution < 1.29 is 0 Å². The molecule has 1 saturated carbocycles. The first-order chi connectivity index (χ1) is 11.8. The molecule has 24 heavy (non-hydrogen) atoms. The molecule has 1 aliphatic carbocycles. The molecule has 0 heterocycles. The van der Waals surface area contributed by atoms with E-state index in [4.69, 9.17) is 0 Å². The molecule has 0 radical (unpaired) electrons. The molecule has 0 saturated heterocycles. The van der Waals surface area contributed by atoms with Gasteiger partial charge in [-0.15, -0.1) is 0 Å². The number of rotatable bonds is 11. The van der Waals surface area contributed by atoms with Gasteiger partial charge >= 0.3 is 0 Å². The minimum Gasteiger partial charge on any atom is -0.0654 e. The Bertz CT molecular complexity index is 408. The van der Waals surface area contributed by atoms with Crippen molar-refractivity contribution in [2.75, 3.05) is 0 Å². The van der Waals surface area contributed by atoms with Crippen LogP contribution in [0.1, 0.15) is 114 Å². The van der Waals surface area contributed by atoms with Crippen LogP contribution >= 0.6 is 0 Å². The number of hydrogen-bond acceptors (Lipinski definition) is 0. The molecular weight excluding hydrogens is 288 g/mol. The van der Waals surface area contributed by atoms with E-state index in [1.54, 1.807) is 5.56 Å². The van der Waals surface area contributed by atoms with Gasteiger partial charge in [0.2, 0.25) is 0 Å². The minimum absolute atomic E-state index is 0.839. The predicted octanol–water partition coefficient (Wildman–Crippen LogP) is 8.05. The fraction of sp³-hybridized carbons (Fsp3) is 0.750. The Kier molecular flexibility index (Phi) is 9.54. The lowest BCUT2D eigenvalue weighted by molar-refractivity contribution is 0.302. The topological polar surface area (TPSA) is 0 Å². The molecule has 0 spiro atoms. The summed E-state index contributed by atoms with van der Waals surface area (Å²) in [5.41, 5.74) is 3.13. The van der Waals surface area contributed by atoms with E-state index in [0.29, 0.717) is 0 Å². The van der Waals surface area contributed by atoms with Crippen molar-refractivity contribution in [3.63, 3.8) is 0 Å². The van der Waals surface area contributed by atoms with E-state index in [1.165, 1.54) is 95.5 Å². The second-order valence-electron chi connectivity index (χ2n) is 8.12. The van der Waals surface area contributed by atoms with Crippen molar-refractivity contribution in [3.05, 3.63) is 35.4 Å². The molecule has 0 unspecified atom stereocenters. The Morgan fingerprint density at radius 2 is 1.33 bits per heavy atom. The summed E-state index contributed by atoms with van der Waals surface area (Å²) in [4.78, 5) is 0. The van der Waals surface area contributed by atoms with Crippen LogP contribution in [-0.2, 0) is 6.42 Å². The highest BCUT2D eigenvalue weighted by Crippen LogP contribution is 2.37. The zero-order valence-electron chi connectivity index (χ0n) is 16.4. The highest BCUT2D eigenvalue weighted by atomic mass is 14.3. The maximum absolute atomic E-state index is 2.42. The summed E-state index contributed by atoms with van der Waals surface area (Å²) in [7, 11) is 0. The summed E-state index contributed by atoms with van der Waals surface area (Å²) in [6.45, 7) is 4.58. The van der Waals surface area contributed by atoms with Crippen molar-refractivity contribution in [2.24, 2.45) is 5.92 Å². The Morgan fingerprint density at radius 1 is 0.708 bits per heavy atom. The van der Waals surface area contributed by atoms with E-state index in [9.17, 15) is 0 Å². The molecule has 1 aliphatic rings. The van der Waals surface area contributed by atoms with E-state index < -0.39 is 0 Å². The van der Waals surface area contributed by atoms with Gasteiger partial charge in [-0.2, -0.15) is 0 Å². The summed E-state index contributed by atoms with van der Waals surface area (Å²) >= 11 is 0. The van der Waals surface area contributed by atoms with E-state index in [-0.39, 0.29) is 0 Å². The van der Waals surface area contributed by atoms with Gasteiger partial charge in [0.25, 0.3) is 0 Å². The molecule has 0 atom stereocenters. The van der Waals surface area contributed by atoms with Crippen LogP contribution in [0.3, 0.4) is 0 Å². The Morgan fingerprint density at radius 3 is 2.00 bits per heavy atom. The number of aryl methyl sites for hydroxylation is 1. The van der Waals surface area contributed by atoms with E-state index in [2.05, 4.69) is 38.1 Å². The third-order valence-corrected chi connectivity index (χ3v) is 6.08. The first-order valence-corrected chi connectivity index (χ1v) is 10.9. The quantitative estimate of drug-likeness (QED) is 0.360. The lowest BCUT2D eigenvalue weighted by atomic mass is 9.77. The monoisotopic (exact) mass is 328 g/mol. The van der Waals surface area contributed by atoms with Crippen molar-refractivity contribution in [3.8, 4) is 0 Å². The van der Waals surface area contributed by atoms with Crippen LogP contribution in [0.25, 0.3) is 0 Å². The van der Waals surface area contributed by atoms with Crippen molar-refractivity contribution in [2.45, 2.75) is 110 Å². The first kappa shape index (κ1) is 19.5. The van der Waals surface area contributed by atoms with Crippen LogP contribution < -0.4 is 0 Å². The van der Waals surface area contributed by atoms with Crippen LogP contribution in [0.4, 0.5) is 0 Å². The molecule has 2 rings (SSSR count). The zero-order valence-corrected chi connectivity index (χ0v) is 16.4. The van der Waals surface area contributed by atoms with E-state index in [1.807, 2.05) is 0 Å². The van der Waals surface area contributed by atoms with Crippen LogP contribution in [-0.4, -0.2) is 0 Å². The van der Waals surface area contributed by atoms with Crippen molar-refractivity contribution >= 4 is 0 Å². The van der Waals surface area contributed by atoms with E-state index in [0.717, 1.165) is 11.8 Å². The molecule has 0 N–H and O–H groups in total. The van der Waals surface area contributed by atoms with Crippen molar-refractivity contribution in [1.82, 2.24) is 0 Å². The lowest BCUT2D eigenvalue weighted by Crippen LogP contribution is -2.13. The lowest BCUT2D eigenvalue weighted by Gasteiger charge is -2.29.